The summed E-state index contributed by atoms with van der Waals surface area (Å²) >= 11 is 4.02. The van der Waals surface area contributed by atoms with Crippen molar-refractivity contribution < 1.29 is 33.9 Å². The number of rotatable bonds is 14. The van der Waals surface area contributed by atoms with E-state index in [4.69, 9.17) is 5.73 Å². The van der Waals surface area contributed by atoms with Crippen molar-refractivity contribution in [2.24, 2.45) is 5.73 Å². The molecule has 5 amide bonds. The van der Waals surface area contributed by atoms with E-state index in [0.717, 1.165) is 0 Å². The Morgan fingerprint density at radius 3 is 1.92 bits per heavy atom. The Bertz CT molecular complexity index is 941. The van der Waals surface area contributed by atoms with Crippen LogP contribution >= 0.6 is 12.6 Å². The normalized spacial score (nSPS) is 13.8. The second kappa shape index (κ2) is 15.4. The maximum absolute atomic E-state index is 12.6. The monoisotopic (exact) mass is 524 g/mol. The van der Waals surface area contributed by atoms with Crippen molar-refractivity contribution in [2.45, 2.75) is 44.4 Å². The molecule has 1 rings (SSSR count). The molecule has 0 unspecified atom stereocenters. The SMILES string of the molecule is C[C@H](N)C(=O)NCC(=O)N[C@@H](CS)C(=O)NCC(=O)N[C@@H](Cc1ccc(O)cc1)C(=O)N[C@@H](C)C=O. The van der Waals surface area contributed by atoms with Gasteiger partial charge in [-0.2, -0.15) is 12.6 Å². The first-order valence-corrected chi connectivity index (χ1v) is 11.6. The van der Waals surface area contributed by atoms with Crippen LogP contribution in [0.15, 0.2) is 24.3 Å². The number of phenols is 1. The first-order valence-electron chi connectivity index (χ1n) is 11.0. The summed E-state index contributed by atoms with van der Waals surface area (Å²) in [5.41, 5.74) is 6.02. The minimum Gasteiger partial charge on any atom is -0.508 e. The van der Waals surface area contributed by atoms with Crippen molar-refractivity contribution in [3.05, 3.63) is 29.8 Å². The van der Waals surface area contributed by atoms with Crippen LogP contribution in [0.25, 0.3) is 0 Å². The number of hydrogen-bond donors (Lipinski definition) is 8. The fourth-order valence-corrected chi connectivity index (χ4v) is 3.00. The standard InChI is InChI=1S/C22H32N6O7S/c1-12(10-29)26-22(35)16(7-14-3-5-15(30)6-4-14)27-18(31)9-25-21(34)17(11-36)28-19(32)8-24-20(33)13(2)23/h3-6,10,12-13,16-17,30,36H,7-9,11,23H2,1-2H3,(H,24,33)(H,25,34)(H,26,35)(H,27,31)(H,28,32)/t12-,13-,16-,17-/m0/s1. The maximum atomic E-state index is 12.6. The van der Waals surface area contributed by atoms with Gasteiger partial charge in [-0.25, -0.2) is 0 Å². The highest BCUT2D eigenvalue weighted by Gasteiger charge is 2.24. The van der Waals surface area contributed by atoms with Gasteiger partial charge in [0.15, 0.2) is 0 Å². The number of carbonyl (C=O) groups is 6. The van der Waals surface area contributed by atoms with Gasteiger partial charge in [0.2, 0.25) is 29.5 Å². The van der Waals surface area contributed by atoms with E-state index in [1.807, 2.05) is 0 Å². The summed E-state index contributed by atoms with van der Waals surface area (Å²) < 4.78 is 0. The van der Waals surface area contributed by atoms with E-state index in [9.17, 15) is 33.9 Å². The molecule has 1 aromatic rings. The van der Waals surface area contributed by atoms with E-state index in [2.05, 4.69) is 39.2 Å². The molecule has 8 N–H and O–H groups in total. The van der Waals surface area contributed by atoms with E-state index in [1.54, 1.807) is 12.1 Å². The number of nitrogens with two attached hydrogens (primary N) is 1. The highest BCUT2D eigenvalue weighted by Crippen LogP contribution is 2.11. The first-order chi connectivity index (χ1) is 17.0. The molecule has 0 aliphatic heterocycles. The van der Waals surface area contributed by atoms with Crippen LogP contribution in [0, 0.1) is 0 Å². The summed E-state index contributed by atoms with van der Waals surface area (Å²) in [6.07, 6.45) is 0.589. The Hall–Kier alpha value is -3.65. The molecule has 0 aliphatic rings. The Kier molecular flexibility index (Phi) is 13.0. The summed E-state index contributed by atoms with van der Waals surface area (Å²) in [5, 5.41) is 21.4. The molecule has 0 bridgehead atoms. The highest BCUT2D eigenvalue weighted by molar-refractivity contribution is 7.80. The van der Waals surface area contributed by atoms with Gasteiger partial charge in [-0.1, -0.05) is 12.1 Å². The lowest BCUT2D eigenvalue weighted by atomic mass is 10.0. The van der Waals surface area contributed by atoms with E-state index >= 15 is 0 Å². The van der Waals surface area contributed by atoms with Gasteiger partial charge in [-0.05, 0) is 31.5 Å². The highest BCUT2D eigenvalue weighted by atomic mass is 32.1. The summed E-state index contributed by atoms with van der Waals surface area (Å²) in [6.45, 7) is 2.01. The molecule has 0 heterocycles. The number of phenolic OH excluding ortho intramolecular Hbond substituents is 1. The molecule has 198 valence electrons. The predicted octanol–water partition coefficient (Wildman–Crippen LogP) is -2.88. The minimum absolute atomic E-state index is 0.0308. The Balaban J connectivity index is 2.69. The smallest absolute Gasteiger partial charge is 0.243 e. The Labute approximate surface area is 213 Å². The summed E-state index contributed by atoms with van der Waals surface area (Å²) in [6, 6.07) is 2.24. The molecule has 0 spiro atoms. The van der Waals surface area contributed by atoms with Gasteiger partial charge in [0.25, 0.3) is 0 Å². The van der Waals surface area contributed by atoms with Crippen LogP contribution in [0.2, 0.25) is 0 Å². The lowest BCUT2D eigenvalue weighted by Gasteiger charge is -2.21. The fraction of sp³-hybridized carbons (Fsp3) is 0.455. The summed E-state index contributed by atoms with van der Waals surface area (Å²) in [7, 11) is 0. The van der Waals surface area contributed by atoms with Gasteiger partial charge in [-0.15, -0.1) is 0 Å². The third-order valence-corrected chi connectivity index (χ3v) is 5.06. The van der Waals surface area contributed by atoms with Gasteiger partial charge >= 0.3 is 0 Å². The first kappa shape index (κ1) is 30.4. The molecule has 0 saturated heterocycles. The number of benzene rings is 1. The number of carbonyl (C=O) groups excluding carboxylic acids is 6. The van der Waals surface area contributed by atoms with Crippen molar-refractivity contribution in [1.29, 1.82) is 0 Å². The topological polar surface area (TPSA) is 209 Å². The lowest BCUT2D eigenvalue weighted by Crippen LogP contribution is -2.55. The van der Waals surface area contributed by atoms with E-state index < -0.39 is 66.8 Å². The minimum atomic E-state index is -1.09. The molecule has 14 heteroatoms. The second-order valence-corrected chi connectivity index (χ2v) is 8.32. The van der Waals surface area contributed by atoms with Crippen LogP contribution in [0.1, 0.15) is 19.4 Å². The van der Waals surface area contributed by atoms with Crippen molar-refractivity contribution in [3.8, 4) is 5.75 Å². The number of hydrogen-bond acceptors (Lipinski definition) is 9. The molecule has 36 heavy (non-hydrogen) atoms. The van der Waals surface area contributed by atoms with E-state index in [1.165, 1.54) is 26.0 Å². The van der Waals surface area contributed by atoms with Crippen LogP contribution in [0.4, 0.5) is 0 Å². The number of amides is 5. The Morgan fingerprint density at radius 2 is 1.42 bits per heavy atom. The van der Waals surface area contributed by atoms with Crippen LogP contribution < -0.4 is 32.3 Å². The summed E-state index contributed by atoms with van der Waals surface area (Å²) in [5.74, 6) is -3.27. The zero-order valence-corrected chi connectivity index (χ0v) is 20.8. The number of aromatic hydroxyl groups is 1. The molecule has 4 atom stereocenters. The van der Waals surface area contributed by atoms with Crippen molar-refractivity contribution >= 4 is 48.5 Å². The largest absolute Gasteiger partial charge is 0.508 e. The summed E-state index contributed by atoms with van der Waals surface area (Å²) in [4.78, 5) is 71.7. The predicted molar refractivity (Wildman–Crippen MR) is 133 cm³/mol. The molecule has 0 saturated carbocycles. The average Bonchev–Trinajstić information content (AvgIpc) is 2.84. The molecule has 0 fully saturated rings. The number of thiol groups is 1. The molecule has 0 aromatic heterocycles. The maximum Gasteiger partial charge on any atom is 0.243 e. The van der Waals surface area contributed by atoms with Crippen LogP contribution in [-0.4, -0.2) is 83.9 Å². The molecular weight excluding hydrogens is 492 g/mol. The van der Waals surface area contributed by atoms with Crippen molar-refractivity contribution in [2.75, 3.05) is 18.8 Å². The lowest BCUT2D eigenvalue weighted by molar-refractivity contribution is -0.131. The molecule has 0 aliphatic carbocycles. The zero-order chi connectivity index (χ0) is 27.3. The quantitative estimate of drug-likeness (QED) is 0.0934. The van der Waals surface area contributed by atoms with Crippen molar-refractivity contribution in [1.82, 2.24) is 26.6 Å². The van der Waals surface area contributed by atoms with Crippen molar-refractivity contribution in [3.63, 3.8) is 0 Å². The molecule has 1 aromatic carbocycles. The number of nitrogens with one attached hydrogen (secondary N) is 5. The average molecular weight is 525 g/mol. The fourth-order valence-electron chi connectivity index (χ4n) is 2.74. The van der Waals surface area contributed by atoms with Crippen LogP contribution in [0.3, 0.4) is 0 Å². The van der Waals surface area contributed by atoms with Gasteiger partial charge in [-0.3, -0.25) is 24.0 Å². The van der Waals surface area contributed by atoms with Gasteiger partial charge < -0.3 is 42.2 Å². The zero-order valence-electron chi connectivity index (χ0n) is 19.9. The molecular formula is C22H32N6O7S. The van der Waals surface area contributed by atoms with Crippen LogP contribution in [-0.2, 0) is 35.2 Å². The van der Waals surface area contributed by atoms with E-state index in [-0.39, 0.29) is 17.9 Å². The third-order valence-electron chi connectivity index (χ3n) is 4.70. The third kappa shape index (κ3) is 11.2. The van der Waals surface area contributed by atoms with E-state index in [0.29, 0.717) is 11.8 Å². The Morgan fingerprint density at radius 1 is 0.889 bits per heavy atom. The molecule has 0 radical (unpaired) electrons. The number of aldehydes is 1. The van der Waals surface area contributed by atoms with Gasteiger partial charge in [0, 0.05) is 12.2 Å². The van der Waals surface area contributed by atoms with Gasteiger partial charge in [0.1, 0.15) is 24.1 Å². The second-order valence-electron chi connectivity index (χ2n) is 7.95. The van der Waals surface area contributed by atoms with Gasteiger partial charge in [0.05, 0.1) is 25.2 Å². The molecule has 13 nitrogen and oxygen atoms in total. The van der Waals surface area contributed by atoms with Crippen LogP contribution in [0.5, 0.6) is 5.75 Å².